The number of nitrogens with one attached hydrogen (secondary N) is 2. The molecule has 1 aromatic carbocycles. The van der Waals surface area contributed by atoms with Gasteiger partial charge in [-0.2, -0.15) is 0 Å². The molecule has 0 radical (unpaired) electrons. The van der Waals surface area contributed by atoms with Crippen molar-refractivity contribution in [2.45, 2.75) is 60.1 Å². The van der Waals surface area contributed by atoms with Crippen molar-refractivity contribution < 1.29 is 14.2 Å². The molecule has 0 saturated carbocycles. The topological polar surface area (TPSA) is 64.1 Å². The van der Waals surface area contributed by atoms with Crippen LogP contribution in [0.1, 0.15) is 51.7 Å². The number of aliphatic imine (C=N–C) groups is 1. The third-order valence-electron chi connectivity index (χ3n) is 5.41. The van der Waals surface area contributed by atoms with E-state index in [2.05, 4.69) is 61.5 Å². The lowest BCUT2D eigenvalue weighted by atomic mass is 9.78. The van der Waals surface area contributed by atoms with E-state index < -0.39 is 0 Å². The quantitative estimate of drug-likeness (QED) is 0.206. The number of ether oxygens (including phenoxy) is 3. The van der Waals surface area contributed by atoms with E-state index in [1.54, 1.807) is 0 Å². The summed E-state index contributed by atoms with van der Waals surface area (Å²) in [5, 5.41) is 6.93. The molecule has 2 rings (SSSR count). The second-order valence-electron chi connectivity index (χ2n) is 9.02. The molecule has 0 amide bonds. The highest BCUT2D eigenvalue weighted by atomic mass is 127. The maximum Gasteiger partial charge on any atom is 0.191 e. The maximum atomic E-state index is 6.10. The molecule has 1 saturated heterocycles. The van der Waals surface area contributed by atoms with Crippen molar-refractivity contribution >= 4 is 29.9 Å². The predicted molar refractivity (Wildman–Crippen MR) is 139 cm³/mol. The number of halogens is 1. The molecule has 178 valence electrons. The molecule has 1 heterocycles. The fourth-order valence-electron chi connectivity index (χ4n) is 3.93. The highest BCUT2D eigenvalue weighted by Gasteiger charge is 2.35. The molecule has 2 N–H and O–H groups in total. The van der Waals surface area contributed by atoms with Crippen LogP contribution in [0.3, 0.4) is 0 Å². The summed E-state index contributed by atoms with van der Waals surface area (Å²) in [6, 6.07) is 6.29. The van der Waals surface area contributed by atoms with Crippen LogP contribution in [0.4, 0.5) is 0 Å². The van der Waals surface area contributed by atoms with Gasteiger partial charge >= 0.3 is 0 Å². The van der Waals surface area contributed by atoms with Crippen molar-refractivity contribution in [3.63, 3.8) is 0 Å². The van der Waals surface area contributed by atoms with Crippen molar-refractivity contribution in [2.75, 3.05) is 40.0 Å². The molecule has 6 nitrogen and oxygen atoms in total. The van der Waals surface area contributed by atoms with Gasteiger partial charge in [0.05, 0.1) is 12.7 Å². The summed E-state index contributed by atoms with van der Waals surface area (Å²) in [7, 11) is 1.81. The smallest absolute Gasteiger partial charge is 0.191 e. The van der Waals surface area contributed by atoms with Gasteiger partial charge in [-0.3, -0.25) is 4.99 Å². The first kappa shape index (κ1) is 28.0. The van der Waals surface area contributed by atoms with E-state index >= 15 is 0 Å². The minimum Gasteiger partial charge on any atom is -0.491 e. The van der Waals surface area contributed by atoms with Crippen LogP contribution >= 0.6 is 24.0 Å². The Bertz CT molecular complexity index is 677. The number of hydrogen-bond acceptors (Lipinski definition) is 4. The Hall–Kier alpha value is -1.06. The SMILES string of the molecule is CCOCCOc1cc(C)ccc1CNC(=NC)NCC1CCCOC1C(C)(C)C.I. The second-order valence-corrected chi connectivity index (χ2v) is 9.02. The second kappa shape index (κ2) is 14.2. The molecule has 1 aliphatic rings. The summed E-state index contributed by atoms with van der Waals surface area (Å²) in [6.07, 6.45) is 2.57. The van der Waals surface area contributed by atoms with Gasteiger partial charge in [0, 0.05) is 44.8 Å². The van der Waals surface area contributed by atoms with E-state index in [4.69, 9.17) is 14.2 Å². The fourth-order valence-corrected chi connectivity index (χ4v) is 3.93. The van der Waals surface area contributed by atoms with Crippen LogP contribution in [0.5, 0.6) is 5.75 Å². The van der Waals surface area contributed by atoms with Crippen LogP contribution in [-0.2, 0) is 16.0 Å². The summed E-state index contributed by atoms with van der Waals surface area (Å²) in [6.45, 7) is 15.1. The van der Waals surface area contributed by atoms with E-state index in [-0.39, 0.29) is 35.5 Å². The zero-order valence-electron chi connectivity index (χ0n) is 20.1. The number of rotatable bonds is 9. The van der Waals surface area contributed by atoms with Crippen molar-refractivity contribution in [3.05, 3.63) is 29.3 Å². The van der Waals surface area contributed by atoms with Gasteiger partial charge in [-0.1, -0.05) is 32.9 Å². The van der Waals surface area contributed by atoms with Gasteiger partial charge in [0.25, 0.3) is 0 Å². The van der Waals surface area contributed by atoms with E-state index in [0.717, 1.165) is 36.8 Å². The molecule has 2 atom stereocenters. The first-order valence-corrected chi connectivity index (χ1v) is 11.2. The van der Waals surface area contributed by atoms with Crippen molar-refractivity contribution in [2.24, 2.45) is 16.3 Å². The summed E-state index contributed by atoms with van der Waals surface area (Å²) in [5.74, 6) is 2.18. The average Bonchev–Trinajstić information content (AvgIpc) is 2.72. The maximum absolute atomic E-state index is 6.10. The molecule has 2 unspecified atom stereocenters. The number of aryl methyl sites for hydroxylation is 1. The standard InChI is InChI=1S/C24H41N3O3.HI/c1-7-28-13-14-29-21-15-18(2)10-11-19(21)16-26-23(25-6)27-17-20-9-8-12-30-22(20)24(3,4)5;/h10-11,15,20,22H,7-9,12-14,16-17H2,1-6H3,(H2,25,26,27);1H. The van der Waals surface area contributed by atoms with Crippen molar-refractivity contribution in [1.82, 2.24) is 10.6 Å². The fraction of sp³-hybridized carbons (Fsp3) is 0.708. The van der Waals surface area contributed by atoms with Crippen LogP contribution in [-0.4, -0.2) is 52.1 Å². The third kappa shape index (κ3) is 9.53. The number of hydrogen-bond donors (Lipinski definition) is 2. The monoisotopic (exact) mass is 547 g/mol. The average molecular weight is 548 g/mol. The van der Waals surface area contributed by atoms with Gasteiger partial charge in [0.2, 0.25) is 0 Å². The van der Waals surface area contributed by atoms with E-state index in [1.807, 2.05) is 14.0 Å². The van der Waals surface area contributed by atoms with Crippen LogP contribution < -0.4 is 15.4 Å². The lowest BCUT2D eigenvalue weighted by Crippen LogP contribution is -2.47. The van der Waals surface area contributed by atoms with Crippen LogP contribution in [0, 0.1) is 18.3 Å². The normalized spacial score (nSPS) is 19.5. The molecular formula is C24H42IN3O3. The minimum atomic E-state index is 0. The Balaban J connectivity index is 0.00000480. The van der Waals surface area contributed by atoms with Gasteiger partial charge in [-0.05, 0) is 43.7 Å². The molecule has 1 aromatic rings. The summed E-state index contributed by atoms with van der Waals surface area (Å²) in [5.41, 5.74) is 2.42. The number of benzene rings is 1. The van der Waals surface area contributed by atoms with Gasteiger partial charge in [0.15, 0.2) is 5.96 Å². The Morgan fingerprint density at radius 1 is 1.23 bits per heavy atom. The molecular weight excluding hydrogens is 505 g/mol. The van der Waals surface area contributed by atoms with Gasteiger partial charge in [0.1, 0.15) is 12.4 Å². The lowest BCUT2D eigenvalue weighted by molar-refractivity contribution is -0.0835. The van der Waals surface area contributed by atoms with E-state index in [1.165, 1.54) is 12.0 Å². The van der Waals surface area contributed by atoms with Crippen LogP contribution in [0.25, 0.3) is 0 Å². The molecule has 1 aliphatic heterocycles. The van der Waals surface area contributed by atoms with Crippen LogP contribution in [0.2, 0.25) is 0 Å². The van der Waals surface area contributed by atoms with Crippen molar-refractivity contribution in [3.8, 4) is 5.75 Å². The highest BCUT2D eigenvalue weighted by Crippen LogP contribution is 2.33. The summed E-state index contributed by atoms with van der Waals surface area (Å²) < 4.78 is 17.4. The first-order chi connectivity index (χ1) is 14.3. The predicted octanol–water partition coefficient (Wildman–Crippen LogP) is 4.53. The number of nitrogens with zero attached hydrogens (tertiary/aromatic N) is 1. The molecule has 31 heavy (non-hydrogen) atoms. The molecule has 0 aromatic heterocycles. The largest absolute Gasteiger partial charge is 0.491 e. The van der Waals surface area contributed by atoms with E-state index in [9.17, 15) is 0 Å². The molecule has 7 heteroatoms. The van der Waals surface area contributed by atoms with Gasteiger partial charge in [-0.15, -0.1) is 24.0 Å². The zero-order chi connectivity index (χ0) is 22.0. The minimum absolute atomic E-state index is 0. The lowest BCUT2D eigenvalue weighted by Gasteiger charge is -2.40. The Morgan fingerprint density at radius 3 is 2.68 bits per heavy atom. The zero-order valence-corrected chi connectivity index (χ0v) is 22.5. The first-order valence-electron chi connectivity index (χ1n) is 11.2. The van der Waals surface area contributed by atoms with Crippen LogP contribution in [0.15, 0.2) is 23.2 Å². The summed E-state index contributed by atoms with van der Waals surface area (Å²) in [4.78, 5) is 4.40. The van der Waals surface area contributed by atoms with E-state index in [0.29, 0.717) is 32.3 Å². The van der Waals surface area contributed by atoms with Gasteiger partial charge < -0.3 is 24.8 Å². The molecule has 0 aliphatic carbocycles. The molecule has 1 fully saturated rings. The summed E-state index contributed by atoms with van der Waals surface area (Å²) >= 11 is 0. The van der Waals surface area contributed by atoms with Gasteiger partial charge in [-0.25, -0.2) is 0 Å². The number of guanidine groups is 1. The Morgan fingerprint density at radius 2 is 2.00 bits per heavy atom. The molecule has 0 spiro atoms. The highest BCUT2D eigenvalue weighted by molar-refractivity contribution is 14.0. The third-order valence-corrected chi connectivity index (χ3v) is 5.41. The molecule has 0 bridgehead atoms. The van der Waals surface area contributed by atoms with Crippen molar-refractivity contribution in [1.29, 1.82) is 0 Å². The Kier molecular flexibility index (Phi) is 12.8. The Labute approximate surface area is 205 Å².